The summed E-state index contributed by atoms with van der Waals surface area (Å²) in [5.41, 5.74) is 5.96. The molecule has 0 amide bonds. The molecule has 0 saturated heterocycles. The quantitative estimate of drug-likeness (QED) is 0.638. The van der Waals surface area contributed by atoms with E-state index in [2.05, 4.69) is 33.8 Å². The summed E-state index contributed by atoms with van der Waals surface area (Å²) in [5.74, 6) is 0. The van der Waals surface area contributed by atoms with Gasteiger partial charge in [-0.05, 0) is 0 Å². The third kappa shape index (κ3) is 1.66. The van der Waals surface area contributed by atoms with Crippen molar-refractivity contribution < 1.29 is 26.1 Å². The van der Waals surface area contributed by atoms with Crippen LogP contribution in [-0.4, -0.2) is 0 Å². The number of benzene rings is 1. The van der Waals surface area contributed by atoms with Crippen molar-refractivity contribution in [3.63, 3.8) is 0 Å². The summed E-state index contributed by atoms with van der Waals surface area (Å²) in [5, 5.41) is 0. The third-order valence-corrected chi connectivity index (χ3v) is 6.64. The van der Waals surface area contributed by atoms with Crippen LogP contribution in [0.25, 0.3) is 0 Å². The molecule has 1 aromatic rings. The first kappa shape index (κ1) is 9.24. The van der Waals surface area contributed by atoms with E-state index in [4.69, 9.17) is 0 Å². The van der Waals surface area contributed by atoms with Gasteiger partial charge < -0.3 is 0 Å². The Hall–Kier alpha value is 0.155. The fraction of sp³-hybridized carbons (Fsp3) is 0.400. The van der Waals surface area contributed by atoms with Crippen molar-refractivity contribution in [2.45, 2.75) is 27.7 Å². The zero-order valence-corrected chi connectivity index (χ0v) is 13.3. The molecule has 0 aliphatic heterocycles. The summed E-state index contributed by atoms with van der Waals surface area (Å²) in [6, 6.07) is 2.29. The molecule has 0 N–H and O–H groups in total. The first-order valence-electron chi connectivity index (χ1n) is 3.93. The molecule has 0 saturated carbocycles. The van der Waals surface area contributed by atoms with Gasteiger partial charge in [0.25, 0.3) is 0 Å². The van der Waals surface area contributed by atoms with Crippen LogP contribution in [0.4, 0.5) is 0 Å². The summed E-state index contributed by atoms with van der Waals surface area (Å²) in [7, 11) is 0. The molecule has 0 fully saturated rings. The molecule has 11 heavy (non-hydrogen) atoms. The monoisotopic (exact) mass is 335 g/mol. The van der Waals surface area contributed by atoms with Crippen molar-refractivity contribution in [1.82, 2.24) is 0 Å². The Labute approximate surface area is 85.0 Å². The Morgan fingerprint density at radius 2 is 1.27 bits per heavy atom. The molecule has 1 aromatic carbocycles. The van der Waals surface area contributed by atoms with E-state index in [9.17, 15) is 0 Å². The van der Waals surface area contributed by atoms with Gasteiger partial charge in [-0.1, -0.05) is 0 Å². The normalized spacial score (nSPS) is 10.4. The van der Waals surface area contributed by atoms with E-state index in [1.54, 1.807) is 3.07 Å². The molecule has 0 radical (unpaired) electrons. The first-order chi connectivity index (χ1) is 5.04. The predicted molar refractivity (Wildman–Crippen MR) is 45.0 cm³/mol. The number of hydrogen-bond acceptors (Lipinski definition) is 0. The van der Waals surface area contributed by atoms with Crippen LogP contribution < -0.4 is 3.07 Å². The van der Waals surface area contributed by atoms with Crippen LogP contribution in [0.1, 0.15) is 22.3 Å². The topological polar surface area (TPSA) is 0 Å². The number of hydrogen-bond donors (Lipinski definition) is 0. The second kappa shape index (κ2) is 3.26. The van der Waals surface area contributed by atoms with Crippen LogP contribution in [0.5, 0.6) is 0 Å². The summed E-state index contributed by atoms with van der Waals surface area (Å²) in [4.78, 5) is 0. The van der Waals surface area contributed by atoms with Crippen LogP contribution in [-0.2, 0) is 26.1 Å². The maximum atomic E-state index is 2.29. The molecule has 0 aromatic heterocycles. The van der Waals surface area contributed by atoms with E-state index in [-0.39, 0.29) is 0 Å². The van der Waals surface area contributed by atoms with E-state index in [1.165, 1.54) is 22.3 Å². The van der Waals surface area contributed by atoms with E-state index < -0.39 is 0 Å². The van der Waals surface area contributed by atoms with E-state index in [1.807, 2.05) is 0 Å². The Morgan fingerprint density at radius 3 is 1.64 bits per heavy atom. The standard InChI is InChI=1S/C10H13.Hg/c1-7-5-9(3)10(4)6-8(7)2;/h5H,1-4H3;. The van der Waals surface area contributed by atoms with Crippen molar-refractivity contribution in [1.29, 1.82) is 0 Å². The van der Waals surface area contributed by atoms with Crippen LogP contribution in [0.3, 0.4) is 0 Å². The maximum absolute atomic E-state index is 2.29. The van der Waals surface area contributed by atoms with Crippen LogP contribution in [0.15, 0.2) is 6.07 Å². The Morgan fingerprint density at radius 1 is 0.909 bits per heavy atom. The molecule has 0 aliphatic rings. The van der Waals surface area contributed by atoms with E-state index >= 15 is 0 Å². The van der Waals surface area contributed by atoms with Crippen LogP contribution >= 0.6 is 0 Å². The average Bonchev–Trinajstić information content (AvgIpc) is 1.97. The van der Waals surface area contributed by atoms with Crippen molar-refractivity contribution in [3.05, 3.63) is 28.3 Å². The second-order valence-electron chi connectivity index (χ2n) is 3.24. The summed E-state index contributed by atoms with van der Waals surface area (Å²) in [6.07, 6.45) is 0. The molecule has 1 heteroatoms. The average molecular weight is 334 g/mol. The van der Waals surface area contributed by atoms with Gasteiger partial charge in [0.05, 0.1) is 0 Å². The summed E-state index contributed by atoms with van der Waals surface area (Å²) in [6.45, 7) is 8.89. The van der Waals surface area contributed by atoms with Crippen molar-refractivity contribution in [2.24, 2.45) is 0 Å². The van der Waals surface area contributed by atoms with Gasteiger partial charge in [-0.25, -0.2) is 0 Å². The second-order valence-corrected chi connectivity index (χ2v) is 5.99. The van der Waals surface area contributed by atoms with Gasteiger partial charge in [0, 0.05) is 0 Å². The predicted octanol–water partition coefficient (Wildman–Crippen LogP) is 2.09. The fourth-order valence-electron chi connectivity index (χ4n) is 1.30. The summed E-state index contributed by atoms with van der Waals surface area (Å²) < 4.78 is 1.64. The van der Waals surface area contributed by atoms with Gasteiger partial charge in [0.2, 0.25) is 0 Å². The molecular weight excluding hydrogens is 321 g/mol. The molecule has 0 bridgehead atoms. The van der Waals surface area contributed by atoms with Crippen molar-refractivity contribution in [2.75, 3.05) is 0 Å². The Kier molecular flexibility index (Phi) is 2.74. The minimum absolute atomic E-state index is 0.766. The Balaban J connectivity index is 3.46. The van der Waals surface area contributed by atoms with Crippen LogP contribution in [0, 0.1) is 27.7 Å². The molecule has 0 nitrogen and oxygen atoms in total. The minimum atomic E-state index is 0.766. The van der Waals surface area contributed by atoms with Crippen molar-refractivity contribution >= 4 is 3.07 Å². The van der Waals surface area contributed by atoms with Crippen LogP contribution in [0.2, 0.25) is 0 Å². The number of aryl methyl sites for hydroxylation is 2. The summed E-state index contributed by atoms with van der Waals surface area (Å²) >= 11 is 0.766. The zero-order valence-electron chi connectivity index (χ0n) is 7.78. The molecule has 0 spiro atoms. The third-order valence-electron chi connectivity index (χ3n) is 2.52. The SMILES string of the molecule is Cc1cc(C)c(C)[c]([Hg])c1C. The van der Waals surface area contributed by atoms with Gasteiger partial charge in [-0.3, -0.25) is 0 Å². The zero-order chi connectivity index (χ0) is 8.59. The Bertz CT molecular complexity index is 261. The van der Waals surface area contributed by atoms with E-state index in [0.717, 1.165) is 26.1 Å². The van der Waals surface area contributed by atoms with Gasteiger partial charge >= 0.3 is 85.2 Å². The fourth-order valence-corrected chi connectivity index (χ4v) is 3.47. The molecule has 0 atom stereocenters. The van der Waals surface area contributed by atoms with Gasteiger partial charge in [0.1, 0.15) is 0 Å². The van der Waals surface area contributed by atoms with E-state index in [0.29, 0.717) is 0 Å². The van der Waals surface area contributed by atoms with Crippen molar-refractivity contribution in [3.8, 4) is 0 Å². The van der Waals surface area contributed by atoms with Gasteiger partial charge in [-0.15, -0.1) is 0 Å². The molecule has 55 valence electrons. The van der Waals surface area contributed by atoms with Gasteiger partial charge in [0.15, 0.2) is 0 Å². The molecule has 0 unspecified atom stereocenters. The molecule has 0 heterocycles. The molecular formula is C10H13Hg. The first-order valence-corrected chi connectivity index (χ1v) is 6.68. The number of rotatable bonds is 0. The van der Waals surface area contributed by atoms with Gasteiger partial charge in [-0.2, -0.15) is 0 Å². The molecule has 0 aliphatic carbocycles. The molecule has 1 rings (SSSR count).